The van der Waals surface area contributed by atoms with Gasteiger partial charge in [0, 0.05) is 25.4 Å². The molecule has 4 rings (SSSR count). The van der Waals surface area contributed by atoms with Gasteiger partial charge in [0.2, 0.25) is 11.8 Å². The van der Waals surface area contributed by atoms with E-state index in [9.17, 15) is 19.5 Å². The molecule has 3 amide bonds. The Hall–Kier alpha value is -3.60. The molecule has 2 fully saturated rings. The number of hydrogen-bond donors (Lipinski definition) is 2. The molecule has 0 saturated carbocycles. The van der Waals surface area contributed by atoms with Crippen LogP contribution in [0.4, 0.5) is 9.59 Å². The predicted octanol–water partition coefficient (Wildman–Crippen LogP) is 3.89. The molecule has 2 aliphatic rings. The zero-order valence-electron chi connectivity index (χ0n) is 17.8. The number of benzene rings is 1. The number of nitrogens with one attached hydrogen (secondary N) is 1. The van der Waals surface area contributed by atoms with Crippen molar-refractivity contribution in [2.24, 2.45) is 0 Å². The Bertz CT molecular complexity index is 1090. The van der Waals surface area contributed by atoms with Crippen molar-refractivity contribution in [2.75, 3.05) is 6.54 Å². The van der Waals surface area contributed by atoms with E-state index < -0.39 is 12.0 Å². The first kappa shape index (κ1) is 22.6. The van der Waals surface area contributed by atoms with Gasteiger partial charge in [-0.1, -0.05) is 19.1 Å². The third kappa shape index (κ3) is 5.61. The Labute approximate surface area is 194 Å². The summed E-state index contributed by atoms with van der Waals surface area (Å²) in [4.78, 5) is 44.3. The van der Waals surface area contributed by atoms with E-state index in [1.165, 1.54) is 11.2 Å². The van der Waals surface area contributed by atoms with Gasteiger partial charge in [0.05, 0.1) is 11.0 Å². The number of piperidine rings is 1. The van der Waals surface area contributed by atoms with Crippen molar-refractivity contribution in [1.29, 1.82) is 0 Å². The van der Waals surface area contributed by atoms with Crippen molar-refractivity contribution in [3.05, 3.63) is 47.1 Å². The summed E-state index contributed by atoms with van der Waals surface area (Å²) in [6.07, 6.45) is 3.84. The van der Waals surface area contributed by atoms with Gasteiger partial charge < -0.3 is 19.5 Å². The van der Waals surface area contributed by atoms with E-state index in [4.69, 9.17) is 9.47 Å². The lowest BCUT2D eigenvalue weighted by Gasteiger charge is -2.37. The van der Waals surface area contributed by atoms with Gasteiger partial charge in [-0.25, -0.2) is 14.8 Å². The van der Waals surface area contributed by atoms with Gasteiger partial charge in [-0.3, -0.25) is 14.9 Å². The first-order valence-corrected chi connectivity index (χ1v) is 11.2. The molecule has 33 heavy (non-hydrogen) atoms. The lowest BCUT2D eigenvalue weighted by atomic mass is 9.98. The van der Waals surface area contributed by atoms with Crippen LogP contribution in [0.15, 0.2) is 41.6 Å². The summed E-state index contributed by atoms with van der Waals surface area (Å²) < 4.78 is 11.8. The summed E-state index contributed by atoms with van der Waals surface area (Å²) in [6, 6.07) is 8.48. The minimum atomic E-state index is -0.904. The highest BCUT2D eigenvalue weighted by atomic mass is 32.2. The highest BCUT2D eigenvalue weighted by Gasteiger charge is 2.31. The van der Waals surface area contributed by atoms with Crippen molar-refractivity contribution < 1.29 is 29.0 Å². The average molecular weight is 471 g/mol. The molecular formula is C22H22N4O6S. The molecule has 0 spiro atoms. The summed E-state index contributed by atoms with van der Waals surface area (Å²) in [7, 11) is 0. The molecule has 2 aromatic rings. The fourth-order valence-electron chi connectivity index (χ4n) is 3.70. The zero-order valence-corrected chi connectivity index (χ0v) is 18.6. The van der Waals surface area contributed by atoms with E-state index in [2.05, 4.69) is 15.3 Å². The molecule has 1 aromatic carbocycles. The maximum absolute atomic E-state index is 11.7. The van der Waals surface area contributed by atoms with E-state index in [1.807, 2.05) is 6.92 Å². The molecule has 2 unspecified atom stereocenters. The number of rotatable bonds is 6. The molecule has 0 bridgehead atoms. The van der Waals surface area contributed by atoms with Crippen LogP contribution in [0.5, 0.6) is 17.5 Å². The van der Waals surface area contributed by atoms with Crippen molar-refractivity contribution in [1.82, 2.24) is 20.2 Å². The van der Waals surface area contributed by atoms with Crippen molar-refractivity contribution in [3.8, 4) is 17.5 Å². The number of ether oxygens (including phenoxy) is 2. The lowest BCUT2D eigenvalue weighted by Crippen LogP contribution is -2.48. The summed E-state index contributed by atoms with van der Waals surface area (Å²) in [6.45, 7) is 2.38. The highest BCUT2D eigenvalue weighted by molar-refractivity contribution is 8.18. The van der Waals surface area contributed by atoms with Gasteiger partial charge in [-0.2, -0.15) is 0 Å². The Balaban J connectivity index is 1.37. The normalized spacial score (nSPS) is 21.7. The third-order valence-corrected chi connectivity index (χ3v) is 6.14. The number of likely N-dealkylation sites (tertiary alicyclic amines) is 1. The zero-order chi connectivity index (χ0) is 23.4. The number of carbonyl (C=O) groups excluding carboxylic acids is 2. The van der Waals surface area contributed by atoms with Crippen LogP contribution >= 0.6 is 11.8 Å². The summed E-state index contributed by atoms with van der Waals surface area (Å²) in [5.41, 5.74) is 0.750. The summed E-state index contributed by atoms with van der Waals surface area (Å²) >= 11 is 0.862. The SMILES string of the molecule is CCC1CC(Oc2cc(Oc3ccc(C=C4SC(=O)NC4=O)cc3)ncn2)CCN1C(=O)O. The van der Waals surface area contributed by atoms with Crippen LogP contribution in [0.25, 0.3) is 6.08 Å². The van der Waals surface area contributed by atoms with Crippen LogP contribution in [-0.4, -0.2) is 55.9 Å². The Morgan fingerprint density at radius 1 is 1.27 bits per heavy atom. The fourth-order valence-corrected chi connectivity index (χ4v) is 4.38. The second-order valence-corrected chi connectivity index (χ2v) is 8.53. The third-order valence-electron chi connectivity index (χ3n) is 5.33. The highest BCUT2D eigenvalue weighted by Crippen LogP contribution is 2.28. The maximum Gasteiger partial charge on any atom is 0.407 e. The standard InChI is InChI=1S/C22H22N4O6S/c1-2-14-10-16(7-8-26(14)22(29)30)32-19-11-18(23-12-24-19)31-15-5-3-13(4-6-15)9-17-20(27)25-21(28)33-17/h3-6,9,11-12,14,16H,2,7-8,10H2,1H3,(H,29,30)(H,25,27,28). The van der Waals surface area contributed by atoms with Gasteiger partial charge in [0.15, 0.2) is 0 Å². The largest absolute Gasteiger partial charge is 0.474 e. The smallest absolute Gasteiger partial charge is 0.407 e. The van der Waals surface area contributed by atoms with Gasteiger partial charge in [0.1, 0.15) is 18.2 Å². The average Bonchev–Trinajstić information content (AvgIpc) is 3.11. The Kier molecular flexibility index (Phi) is 6.78. The van der Waals surface area contributed by atoms with Crippen LogP contribution in [-0.2, 0) is 4.79 Å². The van der Waals surface area contributed by atoms with Crippen molar-refractivity contribution in [3.63, 3.8) is 0 Å². The maximum atomic E-state index is 11.7. The summed E-state index contributed by atoms with van der Waals surface area (Å²) in [5, 5.41) is 11.1. The van der Waals surface area contributed by atoms with Crippen molar-refractivity contribution >= 4 is 35.1 Å². The first-order valence-electron chi connectivity index (χ1n) is 10.4. The number of aromatic nitrogens is 2. The predicted molar refractivity (Wildman–Crippen MR) is 120 cm³/mol. The number of amides is 3. The number of hydrogen-bond acceptors (Lipinski definition) is 8. The van der Waals surface area contributed by atoms with E-state index in [-0.39, 0.29) is 17.4 Å². The second-order valence-electron chi connectivity index (χ2n) is 7.52. The fraction of sp³-hybridized carbons (Fsp3) is 0.318. The van der Waals surface area contributed by atoms with Crippen LogP contribution < -0.4 is 14.8 Å². The van der Waals surface area contributed by atoms with E-state index in [1.54, 1.807) is 36.4 Å². The van der Waals surface area contributed by atoms with Gasteiger partial charge >= 0.3 is 6.09 Å². The molecule has 2 saturated heterocycles. The molecule has 0 aliphatic carbocycles. The molecule has 10 nitrogen and oxygen atoms in total. The van der Waals surface area contributed by atoms with Crippen LogP contribution in [0, 0.1) is 0 Å². The Morgan fingerprint density at radius 2 is 2.03 bits per heavy atom. The van der Waals surface area contributed by atoms with E-state index in [0.29, 0.717) is 41.8 Å². The van der Waals surface area contributed by atoms with Gasteiger partial charge in [-0.05, 0) is 42.0 Å². The number of carboxylic acid groups (broad SMARTS) is 1. The molecule has 3 heterocycles. The molecule has 172 valence electrons. The van der Waals surface area contributed by atoms with Crippen LogP contribution in [0.3, 0.4) is 0 Å². The molecule has 2 aliphatic heterocycles. The van der Waals surface area contributed by atoms with Crippen LogP contribution in [0.2, 0.25) is 0 Å². The number of thioether (sulfide) groups is 1. The topological polar surface area (TPSA) is 131 Å². The summed E-state index contributed by atoms with van der Waals surface area (Å²) in [5.74, 6) is 0.788. The molecular weight excluding hydrogens is 448 g/mol. The number of imide groups is 1. The molecule has 0 radical (unpaired) electrons. The lowest BCUT2D eigenvalue weighted by molar-refractivity contribution is -0.115. The minimum absolute atomic E-state index is 0.0841. The monoisotopic (exact) mass is 470 g/mol. The first-order chi connectivity index (χ1) is 15.9. The Morgan fingerprint density at radius 3 is 2.70 bits per heavy atom. The second kappa shape index (κ2) is 9.90. The quantitative estimate of drug-likeness (QED) is 0.604. The number of nitrogens with zero attached hydrogens (tertiary/aromatic N) is 3. The van der Waals surface area contributed by atoms with E-state index >= 15 is 0 Å². The molecule has 11 heteroatoms. The molecule has 2 atom stereocenters. The van der Waals surface area contributed by atoms with Crippen molar-refractivity contribution in [2.45, 2.75) is 38.3 Å². The van der Waals surface area contributed by atoms with Gasteiger partial charge in [0.25, 0.3) is 11.1 Å². The molecule has 2 N–H and O–H groups in total. The van der Waals surface area contributed by atoms with Gasteiger partial charge in [-0.15, -0.1) is 0 Å². The van der Waals surface area contributed by atoms with Crippen LogP contribution in [0.1, 0.15) is 31.7 Å². The minimum Gasteiger partial charge on any atom is -0.474 e. The molecule has 1 aromatic heterocycles. The number of carbonyl (C=O) groups is 3. The van der Waals surface area contributed by atoms with E-state index in [0.717, 1.165) is 23.7 Å².